The Morgan fingerprint density at radius 2 is 1.96 bits per heavy atom. The number of morpholine rings is 1. The molecule has 0 N–H and O–H groups in total. The summed E-state index contributed by atoms with van der Waals surface area (Å²) in [7, 11) is 0. The lowest BCUT2D eigenvalue weighted by Crippen LogP contribution is -2.59. The maximum atomic E-state index is 13.5. The van der Waals surface area contributed by atoms with Crippen molar-refractivity contribution in [3.05, 3.63) is 30.1 Å². The number of carbonyl (C=O) groups is 3. The van der Waals surface area contributed by atoms with E-state index >= 15 is 0 Å². The molecular formula is C20H25FN2O4. The number of hydrogen-bond acceptors (Lipinski definition) is 4. The molecule has 2 aliphatic rings. The highest BCUT2D eigenvalue weighted by Crippen LogP contribution is 2.33. The zero-order valence-corrected chi connectivity index (χ0v) is 15.6. The molecule has 1 aromatic rings. The molecular weight excluding hydrogens is 351 g/mol. The fraction of sp³-hybridized carbons (Fsp3) is 0.550. The summed E-state index contributed by atoms with van der Waals surface area (Å²) in [4.78, 5) is 38.9. The molecule has 1 aromatic carbocycles. The molecule has 0 unspecified atom stereocenters. The van der Waals surface area contributed by atoms with Crippen LogP contribution in [0.2, 0.25) is 0 Å². The van der Waals surface area contributed by atoms with Crippen LogP contribution < -0.4 is 4.90 Å². The molecule has 0 radical (unpaired) electrons. The number of benzene rings is 1. The third-order valence-corrected chi connectivity index (χ3v) is 5.32. The predicted octanol–water partition coefficient (Wildman–Crippen LogP) is 2.31. The largest absolute Gasteiger partial charge is 0.363 e. The molecule has 7 heteroatoms. The Kier molecular flexibility index (Phi) is 5.89. The molecule has 146 valence electrons. The Labute approximate surface area is 158 Å². The smallest absolute Gasteiger partial charge is 0.253 e. The fourth-order valence-electron chi connectivity index (χ4n) is 3.71. The Morgan fingerprint density at radius 1 is 1.22 bits per heavy atom. The van der Waals surface area contributed by atoms with Crippen molar-refractivity contribution in [1.29, 1.82) is 0 Å². The van der Waals surface area contributed by atoms with E-state index in [9.17, 15) is 18.8 Å². The van der Waals surface area contributed by atoms with Gasteiger partial charge in [-0.3, -0.25) is 9.59 Å². The summed E-state index contributed by atoms with van der Waals surface area (Å²) in [5.41, 5.74) is 0.0292. The standard InChI is InChI=1S/C20H25FN2O4/c1-15(24)4-2-7-18(25)22-10-8-20(9-11-22)14-23(19(26)13-27-20)17-6-3-5-16(21)12-17/h3,5-6,12H,2,4,7-11,13-14H2,1H3. The molecule has 0 aliphatic carbocycles. The molecule has 0 aromatic heterocycles. The molecule has 1 spiro atoms. The molecule has 2 amide bonds. The third kappa shape index (κ3) is 4.71. The van der Waals surface area contributed by atoms with Crippen LogP contribution in [-0.4, -0.2) is 54.3 Å². The van der Waals surface area contributed by atoms with Crippen LogP contribution in [0.25, 0.3) is 0 Å². The molecule has 6 nitrogen and oxygen atoms in total. The van der Waals surface area contributed by atoms with Crippen molar-refractivity contribution >= 4 is 23.3 Å². The van der Waals surface area contributed by atoms with Gasteiger partial charge in [-0.25, -0.2) is 4.39 Å². The van der Waals surface area contributed by atoms with Gasteiger partial charge in [0.2, 0.25) is 5.91 Å². The number of likely N-dealkylation sites (tertiary alicyclic amines) is 1. The Balaban J connectivity index is 1.59. The molecule has 0 saturated carbocycles. The van der Waals surface area contributed by atoms with Gasteiger partial charge in [-0.2, -0.15) is 0 Å². The predicted molar refractivity (Wildman–Crippen MR) is 97.8 cm³/mol. The molecule has 2 heterocycles. The van der Waals surface area contributed by atoms with Gasteiger partial charge >= 0.3 is 0 Å². The van der Waals surface area contributed by atoms with Gasteiger partial charge in [0, 0.05) is 31.6 Å². The van der Waals surface area contributed by atoms with E-state index in [2.05, 4.69) is 0 Å². The van der Waals surface area contributed by atoms with E-state index in [0.717, 1.165) is 0 Å². The molecule has 27 heavy (non-hydrogen) atoms. The Hall–Kier alpha value is -2.28. The van der Waals surface area contributed by atoms with E-state index in [0.29, 0.717) is 57.4 Å². The van der Waals surface area contributed by atoms with Crippen molar-refractivity contribution in [2.75, 3.05) is 31.1 Å². The number of rotatable bonds is 5. The number of hydrogen-bond donors (Lipinski definition) is 0. The summed E-state index contributed by atoms with van der Waals surface area (Å²) < 4.78 is 19.4. The number of anilines is 1. The first-order valence-corrected chi connectivity index (χ1v) is 9.36. The van der Waals surface area contributed by atoms with Crippen LogP contribution >= 0.6 is 0 Å². The second-order valence-electron chi connectivity index (χ2n) is 7.37. The van der Waals surface area contributed by atoms with Gasteiger partial charge in [0.05, 0.1) is 12.1 Å². The molecule has 2 aliphatic heterocycles. The van der Waals surface area contributed by atoms with Crippen molar-refractivity contribution in [2.24, 2.45) is 0 Å². The maximum Gasteiger partial charge on any atom is 0.253 e. The number of halogens is 1. The lowest BCUT2D eigenvalue weighted by molar-refractivity contribution is -0.150. The number of amides is 2. The van der Waals surface area contributed by atoms with Gasteiger partial charge in [-0.15, -0.1) is 0 Å². The number of ketones is 1. The average Bonchev–Trinajstić information content (AvgIpc) is 2.64. The van der Waals surface area contributed by atoms with Gasteiger partial charge in [-0.1, -0.05) is 6.07 Å². The highest BCUT2D eigenvalue weighted by Gasteiger charge is 2.43. The zero-order valence-electron chi connectivity index (χ0n) is 15.6. The van der Waals surface area contributed by atoms with Crippen molar-refractivity contribution < 1.29 is 23.5 Å². The monoisotopic (exact) mass is 376 g/mol. The number of piperidine rings is 1. The van der Waals surface area contributed by atoms with Gasteiger partial charge in [0.15, 0.2) is 0 Å². The molecule has 0 bridgehead atoms. The first-order valence-electron chi connectivity index (χ1n) is 9.36. The van der Waals surface area contributed by atoms with Crippen LogP contribution in [0.1, 0.15) is 39.0 Å². The lowest BCUT2D eigenvalue weighted by atomic mass is 9.88. The quantitative estimate of drug-likeness (QED) is 0.791. The summed E-state index contributed by atoms with van der Waals surface area (Å²) in [6.45, 7) is 2.97. The molecule has 3 rings (SSSR count). The summed E-state index contributed by atoms with van der Waals surface area (Å²) in [6.07, 6.45) is 2.64. The minimum atomic E-state index is -0.504. The average molecular weight is 376 g/mol. The van der Waals surface area contributed by atoms with Crippen LogP contribution in [-0.2, 0) is 19.1 Å². The SMILES string of the molecule is CC(=O)CCCC(=O)N1CCC2(CC1)CN(c1cccc(F)c1)C(=O)CO2. The molecule has 2 saturated heterocycles. The Bertz CT molecular complexity index is 728. The van der Waals surface area contributed by atoms with Crippen molar-refractivity contribution in [2.45, 2.75) is 44.6 Å². The van der Waals surface area contributed by atoms with Crippen LogP contribution in [0, 0.1) is 5.82 Å². The lowest BCUT2D eigenvalue weighted by Gasteiger charge is -2.47. The maximum absolute atomic E-state index is 13.5. The van der Waals surface area contributed by atoms with Crippen molar-refractivity contribution in [3.8, 4) is 0 Å². The summed E-state index contributed by atoms with van der Waals surface area (Å²) in [6, 6.07) is 6.00. The topological polar surface area (TPSA) is 66.9 Å². The van der Waals surface area contributed by atoms with Crippen LogP contribution in [0.3, 0.4) is 0 Å². The van der Waals surface area contributed by atoms with E-state index in [4.69, 9.17) is 4.74 Å². The van der Waals surface area contributed by atoms with Gasteiger partial charge < -0.3 is 19.3 Å². The molecule has 0 atom stereocenters. The van der Waals surface area contributed by atoms with E-state index < -0.39 is 5.60 Å². The minimum absolute atomic E-state index is 0.0386. The number of ether oxygens (including phenoxy) is 1. The first-order chi connectivity index (χ1) is 12.9. The highest BCUT2D eigenvalue weighted by molar-refractivity contribution is 5.95. The molecule has 2 fully saturated rings. The minimum Gasteiger partial charge on any atom is -0.363 e. The summed E-state index contributed by atoms with van der Waals surface area (Å²) in [5, 5.41) is 0. The van der Waals surface area contributed by atoms with E-state index in [1.807, 2.05) is 0 Å². The number of carbonyl (C=O) groups excluding carboxylic acids is 3. The van der Waals surface area contributed by atoms with Gasteiger partial charge in [-0.05, 0) is 44.4 Å². The highest BCUT2D eigenvalue weighted by atomic mass is 19.1. The van der Waals surface area contributed by atoms with Gasteiger partial charge in [0.25, 0.3) is 5.91 Å². The first kappa shape index (κ1) is 19.5. The number of Topliss-reactive ketones (excluding diaryl/α,β-unsaturated/α-hetero) is 1. The second-order valence-corrected chi connectivity index (χ2v) is 7.37. The normalized spacial score (nSPS) is 19.4. The van der Waals surface area contributed by atoms with Gasteiger partial charge in [0.1, 0.15) is 18.2 Å². The fourth-order valence-corrected chi connectivity index (χ4v) is 3.71. The van der Waals surface area contributed by atoms with E-state index in [1.54, 1.807) is 21.9 Å². The van der Waals surface area contributed by atoms with Crippen molar-refractivity contribution in [3.63, 3.8) is 0 Å². The summed E-state index contributed by atoms with van der Waals surface area (Å²) >= 11 is 0. The number of nitrogens with zero attached hydrogens (tertiary/aromatic N) is 2. The second kappa shape index (κ2) is 8.17. The van der Waals surface area contributed by atoms with E-state index in [-0.39, 0.29) is 30.0 Å². The van der Waals surface area contributed by atoms with Crippen LogP contribution in [0.5, 0.6) is 0 Å². The summed E-state index contributed by atoms with van der Waals surface area (Å²) in [5.74, 6) is -0.418. The zero-order chi connectivity index (χ0) is 19.4. The van der Waals surface area contributed by atoms with Crippen LogP contribution in [0.4, 0.5) is 10.1 Å². The third-order valence-electron chi connectivity index (χ3n) is 5.32. The van der Waals surface area contributed by atoms with E-state index in [1.165, 1.54) is 19.1 Å². The van der Waals surface area contributed by atoms with Crippen LogP contribution in [0.15, 0.2) is 24.3 Å². The van der Waals surface area contributed by atoms with Crippen molar-refractivity contribution in [1.82, 2.24) is 4.90 Å². The Morgan fingerprint density at radius 3 is 2.63 bits per heavy atom.